The molecule has 5 nitrogen and oxygen atoms in total. The van der Waals surface area contributed by atoms with Crippen LogP contribution in [0, 0.1) is 0 Å². The zero-order chi connectivity index (χ0) is 17.3. The van der Waals surface area contributed by atoms with E-state index in [-0.39, 0.29) is 41.5 Å². The normalized spacial score (nSPS) is 14.0. The van der Waals surface area contributed by atoms with Crippen molar-refractivity contribution in [2.75, 3.05) is 5.32 Å². The number of fused-ring (bicyclic) bond motifs is 1. The van der Waals surface area contributed by atoms with Crippen molar-refractivity contribution in [2.45, 2.75) is 25.8 Å². The molecule has 2 heterocycles. The van der Waals surface area contributed by atoms with Crippen molar-refractivity contribution in [1.29, 1.82) is 0 Å². The Bertz CT molecular complexity index is 817. The molecule has 0 aliphatic carbocycles. The highest BCUT2D eigenvalue weighted by atomic mass is 35.5. The summed E-state index contributed by atoms with van der Waals surface area (Å²) in [5, 5.41) is 7.59. The van der Waals surface area contributed by atoms with Gasteiger partial charge < -0.3 is 10.6 Å². The lowest BCUT2D eigenvalue weighted by atomic mass is 10.1. The van der Waals surface area contributed by atoms with E-state index in [4.69, 9.17) is 11.6 Å². The fraction of sp³-hybridized carbons (Fsp3) is 0.235. The summed E-state index contributed by atoms with van der Waals surface area (Å²) in [5.74, 6) is -0.477. The molecule has 124 valence electrons. The van der Waals surface area contributed by atoms with Gasteiger partial charge >= 0.3 is 0 Å². The smallest absolute Gasteiger partial charge is 0.253 e. The summed E-state index contributed by atoms with van der Waals surface area (Å²) >= 11 is 7.53. The number of halogens is 1. The fourth-order valence-corrected chi connectivity index (χ4v) is 3.52. The molecule has 2 aromatic rings. The molecule has 7 heteroatoms. The van der Waals surface area contributed by atoms with Gasteiger partial charge in [0.05, 0.1) is 21.9 Å². The molecule has 1 aliphatic heterocycles. The highest BCUT2D eigenvalue weighted by Crippen LogP contribution is 2.29. The molecule has 1 atom stereocenters. The first-order valence-electron chi connectivity index (χ1n) is 7.44. The van der Waals surface area contributed by atoms with Crippen molar-refractivity contribution < 1.29 is 14.4 Å². The van der Waals surface area contributed by atoms with Crippen molar-refractivity contribution in [3.8, 4) is 0 Å². The fourth-order valence-electron chi connectivity index (χ4n) is 2.59. The number of carbonyl (C=O) groups excluding carboxylic acids is 3. The Kier molecular flexibility index (Phi) is 4.69. The Balaban J connectivity index is 1.68. The Morgan fingerprint density at radius 2 is 2.21 bits per heavy atom. The lowest BCUT2D eigenvalue weighted by Crippen LogP contribution is -2.34. The van der Waals surface area contributed by atoms with Crippen LogP contribution in [0.3, 0.4) is 0 Å². The van der Waals surface area contributed by atoms with Crippen LogP contribution in [0.25, 0.3) is 0 Å². The van der Waals surface area contributed by atoms with Crippen LogP contribution in [0.4, 0.5) is 5.69 Å². The van der Waals surface area contributed by atoms with E-state index in [1.807, 2.05) is 11.4 Å². The second-order valence-corrected chi connectivity index (χ2v) is 7.05. The largest absolute Gasteiger partial charge is 0.349 e. The van der Waals surface area contributed by atoms with Crippen LogP contribution in [0.1, 0.15) is 38.9 Å². The van der Waals surface area contributed by atoms with Crippen molar-refractivity contribution in [2.24, 2.45) is 0 Å². The SMILES string of the molecule is CC(CC(=O)c1cccs1)NC(=O)c1cc2c(cc1Cl)NC(=O)C2. The number of Topliss-reactive ketones (excluding diaryl/α,β-unsaturated/α-hetero) is 1. The van der Waals surface area contributed by atoms with Gasteiger partial charge in [-0.3, -0.25) is 14.4 Å². The molecular formula is C17H15ClN2O3S. The molecule has 0 saturated heterocycles. The minimum absolute atomic E-state index is 0.00681. The van der Waals surface area contributed by atoms with Gasteiger partial charge in [0.25, 0.3) is 5.91 Å². The first-order chi connectivity index (χ1) is 11.4. The molecule has 2 amide bonds. The van der Waals surface area contributed by atoms with Crippen LogP contribution in [0.2, 0.25) is 5.02 Å². The van der Waals surface area contributed by atoms with Gasteiger partial charge in [0.2, 0.25) is 5.91 Å². The first-order valence-corrected chi connectivity index (χ1v) is 8.69. The zero-order valence-electron chi connectivity index (χ0n) is 12.9. The average Bonchev–Trinajstić information content (AvgIpc) is 3.14. The number of rotatable bonds is 5. The van der Waals surface area contributed by atoms with E-state index in [9.17, 15) is 14.4 Å². The Hall–Kier alpha value is -2.18. The summed E-state index contributed by atoms with van der Waals surface area (Å²) in [6.45, 7) is 1.77. The minimum Gasteiger partial charge on any atom is -0.349 e. The number of thiophene rings is 1. The molecular weight excluding hydrogens is 348 g/mol. The molecule has 24 heavy (non-hydrogen) atoms. The van der Waals surface area contributed by atoms with Crippen molar-refractivity contribution >= 4 is 46.2 Å². The third-order valence-electron chi connectivity index (χ3n) is 3.73. The number of carbonyl (C=O) groups is 3. The maximum atomic E-state index is 12.4. The summed E-state index contributed by atoms with van der Waals surface area (Å²) in [6, 6.07) is 6.47. The summed E-state index contributed by atoms with van der Waals surface area (Å²) in [7, 11) is 0. The molecule has 0 fully saturated rings. The third kappa shape index (κ3) is 3.49. The average molecular weight is 363 g/mol. The van der Waals surface area contributed by atoms with Crippen molar-refractivity contribution in [1.82, 2.24) is 5.32 Å². The molecule has 0 spiro atoms. The molecule has 0 saturated carbocycles. The highest BCUT2D eigenvalue weighted by molar-refractivity contribution is 7.12. The van der Waals surface area contributed by atoms with Crippen molar-refractivity contribution in [3.63, 3.8) is 0 Å². The van der Waals surface area contributed by atoms with E-state index in [1.54, 1.807) is 25.1 Å². The number of nitrogens with one attached hydrogen (secondary N) is 2. The predicted molar refractivity (Wildman–Crippen MR) is 94.0 cm³/mol. The molecule has 1 aliphatic rings. The predicted octanol–water partition coefficient (Wildman–Crippen LogP) is 3.29. The lowest BCUT2D eigenvalue weighted by molar-refractivity contribution is -0.115. The van der Waals surface area contributed by atoms with Gasteiger partial charge in [-0.15, -0.1) is 11.3 Å². The van der Waals surface area contributed by atoms with Gasteiger partial charge in [-0.05, 0) is 36.1 Å². The van der Waals surface area contributed by atoms with Gasteiger partial charge in [0, 0.05) is 18.2 Å². The zero-order valence-corrected chi connectivity index (χ0v) is 14.5. The van der Waals surface area contributed by atoms with Crippen LogP contribution in [0.15, 0.2) is 29.6 Å². The van der Waals surface area contributed by atoms with E-state index >= 15 is 0 Å². The Morgan fingerprint density at radius 1 is 1.42 bits per heavy atom. The van der Waals surface area contributed by atoms with Gasteiger partial charge in [-0.2, -0.15) is 0 Å². The summed E-state index contributed by atoms with van der Waals surface area (Å²) < 4.78 is 0. The molecule has 2 N–H and O–H groups in total. The number of hydrogen-bond acceptors (Lipinski definition) is 4. The van der Waals surface area contributed by atoms with Gasteiger partial charge in [0.15, 0.2) is 5.78 Å². The second-order valence-electron chi connectivity index (χ2n) is 5.69. The third-order valence-corrected chi connectivity index (χ3v) is 4.95. The quantitative estimate of drug-likeness (QED) is 0.801. The lowest BCUT2D eigenvalue weighted by Gasteiger charge is -2.14. The van der Waals surface area contributed by atoms with E-state index in [2.05, 4.69) is 10.6 Å². The number of ketones is 1. The van der Waals surface area contributed by atoms with Crippen LogP contribution in [-0.2, 0) is 11.2 Å². The van der Waals surface area contributed by atoms with Gasteiger partial charge in [-0.1, -0.05) is 17.7 Å². The number of anilines is 1. The van der Waals surface area contributed by atoms with Crippen molar-refractivity contribution in [3.05, 3.63) is 50.7 Å². The number of amides is 2. The molecule has 3 rings (SSSR count). The van der Waals surface area contributed by atoms with Gasteiger partial charge in [0.1, 0.15) is 0 Å². The van der Waals surface area contributed by atoms with E-state index in [0.29, 0.717) is 16.1 Å². The Labute approximate surface area is 148 Å². The van der Waals surface area contributed by atoms with E-state index < -0.39 is 0 Å². The number of benzene rings is 1. The topological polar surface area (TPSA) is 75.3 Å². The Morgan fingerprint density at radius 3 is 2.92 bits per heavy atom. The second kappa shape index (κ2) is 6.75. The molecule has 1 unspecified atom stereocenters. The maximum absolute atomic E-state index is 12.4. The summed E-state index contributed by atoms with van der Waals surface area (Å²) in [4.78, 5) is 36.6. The van der Waals surface area contributed by atoms with Crippen LogP contribution >= 0.6 is 22.9 Å². The highest BCUT2D eigenvalue weighted by Gasteiger charge is 2.23. The minimum atomic E-state index is -0.353. The van der Waals surface area contributed by atoms with Gasteiger partial charge in [-0.25, -0.2) is 0 Å². The molecule has 1 aromatic carbocycles. The molecule has 1 aromatic heterocycles. The standard InChI is InChI=1S/C17H15ClN2O3S/c1-9(5-14(21)15-3-2-4-24-15)19-17(23)11-6-10-7-16(22)20-13(10)8-12(11)18/h2-4,6,8-9H,5,7H2,1H3,(H,19,23)(H,20,22). The first kappa shape index (κ1) is 16.7. The van der Waals surface area contributed by atoms with Crippen LogP contribution in [-0.4, -0.2) is 23.6 Å². The maximum Gasteiger partial charge on any atom is 0.253 e. The number of hydrogen-bond donors (Lipinski definition) is 2. The molecule has 0 bridgehead atoms. The molecule has 0 radical (unpaired) electrons. The van der Waals surface area contributed by atoms with Crippen LogP contribution in [0.5, 0.6) is 0 Å². The van der Waals surface area contributed by atoms with Crippen LogP contribution < -0.4 is 10.6 Å². The van der Waals surface area contributed by atoms with E-state index in [1.165, 1.54) is 11.3 Å². The summed E-state index contributed by atoms with van der Waals surface area (Å²) in [5.41, 5.74) is 1.70. The summed E-state index contributed by atoms with van der Waals surface area (Å²) in [6.07, 6.45) is 0.452. The van der Waals surface area contributed by atoms with E-state index in [0.717, 1.165) is 5.56 Å². The monoisotopic (exact) mass is 362 g/mol.